The number of nitrogens with one attached hydrogen (secondary N) is 3. The number of aryl methyl sites for hydroxylation is 3. The van der Waals surface area contributed by atoms with Crippen molar-refractivity contribution < 1.29 is 83.7 Å². The van der Waals surface area contributed by atoms with E-state index in [1.807, 2.05) is 13.8 Å². The summed E-state index contributed by atoms with van der Waals surface area (Å²) >= 11 is 18.8. The van der Waals surface area contributed by atoms with E-state index in [2.05, 4.69) is 45.9 Å². The number of alkyl halides is 3. The molecule has 9 atom stereocenters. The number of anilines is 3. The van der Waals surface area contributed by atoms with E-state index in [-0.39, 0.29) is 139 Å². The van der Waals surface area contributed by atoms with Crippen LogP contribution in [0.4, 0.5) is 43.4 Å². The van der Waals surface area contributed by atoms with Gasteiger partial charge < -0.3 is 43.9 Å². The molecule has 9 aromatic carbocycles. The molecular formula is C105H87Cl3F6N12O12. The van der Waals surface area contributed by atoms with E-state index in [0.717, 1.165) is 11.1 Å². The van der Waals surface area contributed by atoms with Gasteiger partial charge in [-0.2, -0.15) is 0 Å². The van der Waals surface area contributed by atoms with Gasteiger partial charge in [0.1, 0.15) is 41.6 Å². The maximum absolute atomic E-state index is 15.5. The van der Waals surface area contributed by atoms with Crippen LogP contribution in [-0.2, 0) is 48.4 Å². The summed E-state index contributed by atoms with van der Waals surface area (Å²) in [5.74, 6) is -9.30. The van der Waals surface area contributed by atoms with E-state index < -0.39 is 89.2 Å². The van der Waals surface area contributed by atoms with Crippen LogP contribution in [0.5, 0.6) is 35.0 Å². The fraction of sp³-hybridized carbons (Fsp3) is 0.229. The van der Waals surface area contributed by atoms with Crippen LogP contribution in [-0.4, -0.2) is 115 Å². The molecule has 0 spiro atoms. The van der Waals surface area contributed by atoms with Gasteiger partial charge in [0, 0.05) is 159 Å². The third-order valence-corrected chi connectivity index (χ3v) is 25.6. The van der Waals surface area contributed by atoms with E-state index in [1.165, 1.54) is 39.0 Å². The predicted octanol–water partition coefficient (Wildman–Crippen LogP) is 23.3. The van der Waals surface area contributed by atoms with E-state index in [1.54, 1.807) is 240 Å². The molecule has 3 saturated carbocycles. The van der Waals surface area contributed by atoms with E-state index >= 15 is 13.2 Å². The summed E-state index contributed by atoms with van der Waals surface area (Å²) in [6.07, 6.45) is 9.28. The number of carbonyl (C=O) groups excluding carboxylic acids is 9. The van der Waals surface area contributed by atoms with Gasteiger partial charge in [0.25, 0.3) is 0 Å². The van der Waals surface area contributed by atoms with Crippen LogP contribution < -0.4 is 30.2 Å². The molecule has 3 aliphatic rings. The first kappa shape index (κ1) is 96.2. The average molecular weight is 1930 g/mol. The molecule has 0 aliphatic heterocycles. The summed E-state index contributed by atoms with van der Waals surface area (Å²) in [7, 11) is 0. The molecule has 18 rings (SSSR count). The number of hydrogen-bond acceptors (Lipinski definition) is 18. The van der Waals surface area contributed by atoms with Crippen molar-refractivity contribution >= 4 is 137 Å². The minimum absolute atomic E-state index is 0.0892. The largest absolute Gasteiger partial charge is 0.454 e. The third kappa shape index (κ3) is 21.5. The van der Waals surface area contributed by atoms with Crippen LogP contribution in [0, 0.1) is 73.7 Å². The van der Waals surface area contributed by atoms with Crippen molar-refractivity contribution in [2.24, 2.45) is 35.5 Å². The Labute approximate surface area is 801 Å². The number of fused-ring (bicyclic) bond motifs is 3. The first-order valence-electron chi connectivity index (χ1n) is 44.1. The fourth-order valence-corrected chi connectivity index (χ4v) is 18.6. The molecule has 702 valence electrons. The van der Waals surface area contributed by atoms with Crippen molar-refractivity contribution in [1.82, 2.24) is 43.6 Å². The average Bonchev–Trinajstić information content (AvgIpc) is 1.68. The molecule has 3 unspecified atom stereocenters. The van der Waals surface area contributed by atoms with E-state index in [9.17, 15) is 56.3 Å². The molecule has 24 nitrogen and oxygen atoms in total. The zero-order valence-corrected chi connectivity index (χ0v) is 77.2. The number of nitrogens with zero attached hydrogens (tertiary/aromatic N) is 9. The summed E-state index contributed by atoms with van der Waals surface area (Å²) in [6.45, 7) is 9.16. The number of rotatable bonds is 27. The van der Waals surface area contributed by atoms with Crippen molar-refractivity contribution in [3.8, 4) is 68.4 Å². The van der Waals surface area contributed by atoms with Crippen LogP contribution in [0.15, 0.2) is 238 Å². The number of aromatic nitrogens is 9. The summed E-state index contributed by atoms with van der Waals surface area (Å²) in [5, 5.41) is 10.5. The lowest BCUT2D eigenvalue weighted by molar-refractivity contribution is -0.130. The summed E-state index contributed by atoms with van der Waals surface area (Å²) < 4.78 is 113. The summed E-state index contributed by atoms with van der Waals surface area (Å²) in [4.78, 5) is 144. The number of amides is 3. The molecule has 0 bridgehead atoms. The zero-order chi connectivity index (χ0) is 97.6. The lowest BCUT2D eigenvalue weighted by atomic mass is 9.90. The van der Waals surface area contributed by atoms with Crippen LogP contribution in [0.2, 0.25) is 15.1 Å². The highest BCUT2D eigenvalue weighted by atomic mass is 35.5. The molecule has 3 N–H and O–H groups in total. The van der Waals surface area contributed by atoms with Gasteiger partial charge in [0.15, 0.2) is 57.9 Å². The second-order valence-corrected chi connectivity index (χ2v) is 35.4. The Morgan fingerprint density at radius 3 is 0.906 bits per heavy atom. The fourth-order valence-electron chi connectivity index (χ4n) is 17.8. The molecule has 3 amide bonds. The maximum Gasteiger partial charge on any atom is 0.321 e. The first-order chi connectivity index (χ1) is 66.3. The molecule has 0 radical (unpaired) electrons. The van der Waals surface area contributed by atoms with Crippen molar-refractivity contribution in [1.29, 1.82) is 0 Å². The smallest absolute Gasteiger partial charge is 0.321 e. The highest BCUT2D eigenvalue weighted by Gasteiger charge is 2.46. The Kier molecular flexibility index (Phi) is 29.1. The Bertz CT molecular complexity index is 6610. The predicted molar refractivity (Wildman–Crippen MR) is 511 cm³/mol. The zero-order valence-electron chi connectivity index (χ0n) is 74.9. The minimum Gasteiger partial charge on any atom is -0.454 e. The highest BCUT2D eigenvalue weighted by Crippen LogP contribution is 2.45. The number of ether oxygens (including phenoxy) is 3. The van der Waals surface area contributed by atoms with E-state index in [0.29, 0.717) is 110 Å². The molecular weight excluding hydrogens is 1840 g/mol. The van der Waals surface area contributed by atoms with Gasteiger partial charge in [0.05, 0.1) is 66.8 Å². The topological polar surface area (TPSA) is 310 Å². The SMILES string of the molecule is CC(=O)c1cn(CC(=O)C2C[C@H](F)C[C@H]2C(=O)Nc2cccc(-c3ccccc3Cl)c2F)c2ccc(Oc3cnc(C)nc3)cc12.CC(=O)c1cn(CC(=O)C2C[C@H](F)C[C@H]2C(=O)Nc2cccc(-c3ccccc3Cl)c2F)c2ccc(Oc3ncc(C)cn3)cc12.CC(=O)c1cn(CC(=O)C2C[C@H](F)C[C@H]2C(=O)Nc2cccc(-c3ccccc3Cl)c2F)c2ccc(Oc3ncc(C)cn3)cc12. The third-order valence-electron chi connectivity index (χ3n) is 24.6. The van der Waals surface area contributed by atoms with Gasteiger partial charge in [-0.05, 0) is 182 Å². The van der Waals surface area contributed by atoms with E-state index in [4.69, 9.17) is 49.0 Å². The Morgan fingerprint density at radius 2 is 0.616 bits per heavy atom. The monoisotopic (exact) mass is 1930 g/mol. The quantitative estimate of drug-likeness (QED) is 0.0318. The number of carbonyl (C=O) groups is 9. The van der Waals surface area contributed by atoms with Crippen LogP contribution >= 0.6 is 34.8 Å². The first-order valence-corrected chi connectivity index (χ1v) is 45.2. The van der Waals surface area contributed by atoms with Crippen molar-refractivity contribution in [2.45, 2.75) is 118 Å². The number of ketones is 6. The van der Waals surface area contributed by atoms with Gasteiger partial charge >= 0.3 is 12.0 Å². The molecule has 138 heavy (non-hydrogen) atoms. The Hall–Kier alpha value is -14.9. The van der Waals surface area contributed by atoms with Gasteiger partial charge in [-0.15, -0.1) is 0 Å². The van der Waals surface area contributed by atoms with Gasteiger partial charge in [-0.25, -0.2) is 56.2 Å². The van der Waals surface area contributed by atoms with Gasteiger partial charge in [-0.3, -0.25) is 43.2 Å². The standard InChI is InChI=1S/3C35H29ClF2N4O4/c1-19(43)29-17-42(32-11-10-22(14-26(29)32)46-23-15-39-20(2)40-16-23)18-33(44)27-12-21(37)13-28(27)35(45)41-31-9-5-7-25(34(31)38)24-6-3-4-8-30(24)36;2*1-19-15-39-35(40-16-19)46-22-10-11-31-25(14-22)28(20(2)43)17-42(31)18-32(44)26-12-21(37)13-27(26)34(45)41-30-9-5-7-24(33(30)38)23-6-3-4-8-29(23)36/h3-11,14-17,21,27-28H,12-13,18H2,1-2H3,(H,41,45);2*3-11,14-17,21,26-27H,12-13,18H2,1-2H3,(H,41,45)/t21-,27?,28+;2*21-,26?,27+/m000/s1. The van der Waals surface area contributed by atoms with Crippen molar-refractivity contribution in [3.05, 3.63) is 304 Å². The maximum atomic E-state index is 15.5. The second kappa shape index (κ2) is 41.8. The molecule has 6 heterocycles. The second-order valence-electron chi connectivity index (χ2n) is 34.2. The number of hydrogen-bond donors (Lipinski definition) is 3. The molecule has 3 aliphatic carbocycles. The molecule has 0 saturated heterocycles. The van der Waals surface area contributed by atoms with Gasteiger partial charge in [0.2, 0.25) is 17.7 Å². The number of Topliss-reactive ketones (excluding diaryl/α,β-unsaturated/α-hetero) is 6. The highest BCUT2D eigenvalue weighted by molar-refractivity contribution is 6.34. The van der Waals surface area contributed by atoms with Crippen LogP contribution in [0.25, 0.3) is 66.1 Å². The number of benzene rings is 9. The Balaban J connectivity index is 0.000000150. The van der Waals surface area contributed by atoms with Gasteiger partial charge in [-0.1, -0.05) is 126 Å². The molecule has 6 aromatic heterocycles. The molecule has 15 aromatic rings. The van der Waals surface area contributed by atoms with Crippen LogP contribution in [0.1, 0.15) is 107 Å². The number of halogens is 9. The molecule has 3 fully saturated rings. The molecule has 33 heteroatoms. The lowest BCUT2D eigenvalue weighted by Gasteiger charge is -2.19. The Morgan fingerprint density at radius 1 is 0.341 bits per heavy atom. The van der Waals surface area contributed by atoms with Crippen molar-refractivity contribution in [2.75, 3.05) is 16.0 Å². The summed E-state index contributed by atoms with van der Waals surface area (Å²) in [5.41, 5.74) is 6.36. The van der Waals surface area contributed by atoms with Crippen molar-refractivity contribution in [3.63, 3.8) is 0 Å². The van der Waals surface area contributed by atoms with Crippen LogP contribution in [0.3, 0.4) is 0 Å². The normalized spacial score (nSPS) is 17.6. The minimum atomic E-state index is -1.37. The summed E-state index contributed by atoms with van der Waals surface area (Å²) in [6, 6.07) is 49.4. The lowest BCUT2D eigenvalue weighted by Crippen LogP contribution is -2.32.